The van der Waals surface area contributed by atoms with Crippen LogP contribution in [0.1, 0.15) is 54.6 Å². The van der Waals surface area contributed by atoms with Crippen molar-refractivity contribution in [3.8, 4) is 0 Å². The Hall–Kier alpha value is -3.15. The van der Waals surface area contributed by atoms with Gasteiger partial charge >= 0.3 is 5.97 Å². The Morgan fingerprint density at radius 2 is 1.91 bits per heavy atom. The van der Waals surface area contributed by atoms with E-state index in [2.05, 4.69) is 17.4 Å². The normalized spacial score (nSPS) is 20.7. The number of amides is 1. The summed E-state index contributed by atoms with van der Waals surface area (Å²) in [6.45, 7) is 1.86. The topological polar surface area (TPSA) is 71.3 Å². The van der Waals surface area contributed by atoms with Gasteiger partial charge in [-0.1, -0.05) is 31.2 Å². The minimum absolute atomic E-state index is 0.0310. The number of nitrogens with zero attached hydrogens (tertiary/aromatic N) is 1. The van der Waals surface area contributed by atoms with Crippen LogP contribution in [-0.4, -0.2) is 27.6 Å². The van der Waals surface area contributed by atoms with Crippen molar-refractivity contribution in [2.75, 3.05) is 0 Å². The fraction of sp³-hybridized carbons (Fsp3) is 0.407. The third-order valence-electron chi connectivity index (χ3n) is 7.41. The molecule has 2 N–H and O–H groups in total. The van der Waals surface area contributed by atoms with Gasteiger partial charge in [0.2, 0.25) is 5.91 Å². The highest BCUT2D eigenvalue weighted by Crippen LogP contribution is 2.36. The maximum atomic E-state index is 14.1. The van der Waals surface area contributed by atoms with Crippen LogP contribution >= 0.6 is 0 Å². The molecule has 172 valence electrons. The van der Waals surface area contributed by atoms with Gasteiger partial charge in [0.25, 0.3) is 0 Å². The highest BCUT2D eigenvalue weighted by atomic mass is 19.1. The van der Waals surface area contributed by atoms with Crippen LogP contribution in [-0.2, 0) is 35.3 Å². The Morgan fingerprint density at radius 1 is 1.12 bits per heavy atom. The Labute approximate surface area is 192 Å². The summed E-state index contributed by atoms with van der Waals surface area (Å²) >= 11 is 0. The lowest BCUT2D eigenvalue weighted by Crippen LogP contribution is -2.43. The summed E-state index contributed by atoms with van der Waals surface area (Å²) in [7, 11) is 0. The van der Waals surface area contributed by atoms with E-state index in [1.54, 1.807) is 6.07 Å². The molecule has 2 aromatic carbocycles. The quantitative estimate of drug-likeness (QED) is 0.600. The van der Waals surface area contributed by atoms with Gasteiger partial charge in [-0.25, -0.2) is 9.18 Å². The fourth-order valence-electron chi connectivity index (χ4n) is 5.75. The molecule has 0 radical (unpaired) electrons. The molecular formula is C27H29FN2O3. The minimum atomic E-state index is -0.880. The maximum absolute atomic E-state index is 14.1. The van der Waals surface area contributed by atoms with Gasteiger partial charge in [0.15, 0.2) is 0 Å². The summed E-state index contributed by atoms with van der Waals surface area (Å²) in [5.41, 5.74) is 5.28. The van der Waals surface area contributed by atoms with E-state index in [1.807, 2.05) is 23.6 Å². The lowest BCUT2D eigenvalue weighted by atomic mass is 9.83. The van der Waals surface area contributed by atoms with E-state index in [9.17, 15) is 19.1 Å². The second-order valence-electron chi connectivity index (χ2n) is 9.38. The number of rotatable bonds is 5. The molecule has 0 bridgehead atoms. The SMILES string of the molecule is CCC(C(=O)O)n1c2c(c3cc(F)ccc31)C[C@@H](NC(=O)[C@H]1CCc3ccccc3C1)CC2. The Morgan fingerprint density at radius 3 is 2.67 bits per heavy atom. The number of benzene rings is 2. The molecule has 0 saturated heterocycles. The highest BCUT2D eigenvalue weighted by molar-refractivity contribution is 5.88. The number of hydrogen-bond donors (Lipinski definition) is 2. The van der Waals surface area contributed by atoms with Crippen LogP contribution in [0, 0.1) is 11.7 Å². The van der Waals surface area contributed by atoms with Crippen molar-refractivity contribution in [1.29, 1.82) is 0 Å². The Balaban J connectivity index is 1.40. The standard InChI is InChI=1S/C27H29FN2O3/c1-2-23(27(32)33)30-24-11-9-19(28)14-21(24)22-15-20(10-12-25(22)30)29-26(31)18-8-7-16-5-3-4-6-17(16)13-18/h3-6,9,11,14,18,20,23H,2,7-8,10,12-13,15H2,1H3,(H,29,31)(H,32,33)/t18-,20-,23?/m0/s1. The van der Waals surface area contributed by atoms with Crippen molar-refractivity contribution in [1.82, 2.24) is 9.88 Å². The van der Waals surface area contributed by atoms with E-state index in [4.69, 9.17) is 0 Å². The Bertz CT molecular complexity index is 1230. The van der Waals surface area contributed by atoms with Crippen LogP contribution in [0.3, 0.4) is 0 Å². The van der Waals surface area contributed by atoms with Crippen LogP contribution in [0.15, 0.2) is 42.5 Å². The van der Waals surface area contributed by atoms with Crippen LogP contribution in [0.5, 0.6) is 0 Å². The van der Waals surface area contributed by atoms with Crippen molar-refractivity contribution in [2.24, 2.45) is 5.92 Å². The van der Waals surface area contributed by atoms with Gasteiger partial charge in [-0.2, -0.15) is 0 Å². The molecule has 0 fully saturated rings. The van der Waals surface area contributed by atoms with E-state index in [1.165, 1.54) is 23.3 Å². The number of fused-ring (bicyclic) bond motifs is 4. The zero-order valence-corrected chi connectivity index (χ0v) is 18.8. The smallest absolute Gasteiger partial charge is 0.326 e. The molecule has 1 amide bonds. The Kier molecular flexibility index (Phi) is 5.69. The number of carbonyl (C=O) groups excluding carboxylic acids is 1. The van der Waals surface area contributed by atoms with Crippen molar-refractivity contribution < 1.29 is 19.1 Å². The number of aromatic nitrogens is 1. The maximum Gasteiger partial charge on any atom is 0.326 e. The molecule has 0 spiro atoms. The van der Waals surface area contributed by atoms with Crippen LogP contribution in [0.2, 0.25) is 0 Å². The van der Waals surface area contributed by atoms with Crippen molar-refractivity contribution >= 4 is 22.8 Å². The van der Waals surface area contributed by atoms with E-state index >= 15 is 0 Å². The number of carbonyl (C=O) groups is 2. The highest BCUT2D eigenvalue weighted by Gasteiger charge is 2.32. The van der Waals surface area contributed by atoms with Gasteiger partial charge in [0.1, 0.15) is 11.9 Å². The van der Waals surface area contributed by atoms with Crippen LogP contribution < -0.4 is 5.32 Å². The van der Waals surface area contributed by atoms with Gasteiger partial charge in [-0.05, 0) is 79.8 Å². The molecule has 5 nitrogen and oxygen atoms in total. The molecule has 1 heterocycles. The molecular weight excluding hydrogens is 419 g/mol. The van der Waals surface area contributed by atoms with Gasteiger partial charge in [-0.15, -0.1) is 0 Å². The number of halogens is 1. The first-order valence-electron chi connectivity index (χ1n) is 11.9. The zero-order valence-electron chi connectivity index (χ0n) is 18.8. The summed E-state index contributed by atoms with van der Waals surface area (Å²) in [5, 5.41) is 13.8. The first-order chi connectivity index (χ1) is 16.0. The van der Waals surface area contributed by atoms with Gasteiger partial charge in [-0.3, -0.25) is 4.79 Å². The summed E-state index contributed by atoms with van der Waals surface area (Å²) in [6, 6.07) is 12.2. The van der Waals surface area contributed by atoms with E-state index in [-0.39, 0.29) is 23.7 Å². The van der Waals surface area contributed by atoms with Crippen molar-refractivity contribution in [2.45, 2.75) is 64.0 Å². The molecule has 2 aliphatic carbocycles. The third-order valence-corrected chi connectivity index (χ3v) is 7.41. The van der Waals surface area contributed by atoms with Crippen molar-refractivity contribution in [3.05, 3.63) is 70.7 Å². The lowest BCUT2D eigenvalue weighted by Gasteiger charge is -2.29. The first kappa shape index (κ1) is 21.7. The predicted octanol–water partition coefficient (Wildman–Crippen LogP) is 4.59. The molecule has 0 aliphatic heterocycles. The average molecular weight is 449 g/mol. The third kappa shape index (κ3) is 3.92. The summed E-state index contributed by atoms with van der Waals surface area (Å²) in [4.78, 5) is 25.0. The molecule has 0 saturated carbocycles. The molecule has 3 atom stereocenters. The zero-order chi connectivity index (χ0) is 23.1. The number of hydrogen-bond acceptors (Lipinski definition) is 2. The van der Waals surface area contributed by atoms with Gasteiger partial charge in [0, 0.05) is 28.6 Å². The molecule has 5 rings (SSSR count). The molecule has 6 heteroatoms. The first-order valence-corrected chi connectivity index (χ1v) is 11.9. The predicted molar refractivity (Wildman–Crippen MR) is 125 cm³/mol. The van der Waals surface area contributed by atoms with Crippen LogP contribution in [0.25, 0.3) is 10.9 Å². The summed E-state index contributed by atoms with van der Waals surface area (Å²) in [6.07, 6.45) is 4.98. The molecule has 1 aromatic heterocycles. The molecule has 2 aliphatic rings. The number of carboxylic acid groups (broad SMARTS) is 1. The van der Waals surface area contributed by atoms with E-state index in [0.717, 1.165) is 47.8 Å². The van der Waals surface area contributed by atoms with Crippen molar-refractivity contribution in [3.63, 3.8) is 0 Å². The largest absolute Gasteiger partial charge is 0.480 e. The van der Waals surface area contributed by atoms with Crippen LogP contribution in [0.4, 0.5) is 4.39 Å². The number of aliphatic carboxylic acids is 1. The van der Waals surface area contributed by atoms with Gasteiger partial charge in [0.05, 0.1) is 0 Å². The number of carboxylic acids is 1. The van der Waals surface area contributed by atoms with E-state index < -0.39 is 12.0 Å². The number of nitrogens with one attached hydrogen (secondary N) is 1. The second kappa shape index (κ2) is 8.65. The average Bonchev–Trinajstić information content (AvgIpc) is 3.12. The monoisotopic (exact) mass is 448 g/mol. The summed E-state index contributed by atoms with van der Waals surface area (Å²) in [5.74, 6) is -1.16. The van der Waals surface area contributed by atoms with E-state index in [0.29, 0.717) is 19.3 Å². The lowest BCUT2D eigenvalue weighted by molar-refractivity contribution is -0.141. The molecule has 3 aromatic rings. The minimum Gasteiger partial charge on any atom is -0.480 e. The molecule has 33 heavy (non-hydrogen) atoms. The molecule has 1 unspecified atom stereocenters. The summed E-state index contributed by atoms with van der Waals surface area (Å²) < 4.78 is 16.0. The number of aryl methyl sites for hydroxylation is 1. The fourth-order valence-corrected chi connectivity index (χ4v) is 5.75. The van der Waals surface area contributed by atoms with Gasteiger partial charge < -0.3 is 15.0 Å². The second-order valence-corrected chi connectivity index (χ2v) is 9.38.